The Labute approximate surface area is 134 Å². The maximum absolute atomic E-state index is 12.1. The first-order valence-electron chi connectivity index (χ1n) is 7.33. The van der Waals surface area contributed by atoms with E-state index in [1.54, 1.807) is 34.1 Å². The van der Waals surface area contributed by atoms with E-state index in [1.165, 1.54) is 6.92 Å². The lowest BCUT2D eigenvalue weighted by Crippen LogP contribution is -2.50. The first kappa shape index (κ1) is 16.5. The average molecular weight is 314 g/mol. The van der Waals surface area contributed by atoms with Crippen molar-refractivity contribution in [3.63, 3.8) is 0 Å². The molecule has 120 valence electrons. The molecule has 0 aliphatic carbocycles. The van der Waals surface area contributed by atoms with Gasteiger partial charge in [0.2, 0.25) is 17.7 Å². The van der Waals surface area contributed by atoms with Gasteiger partial charge in [-0.05, 0) is 24.3 Å². The van der Waals surface area contributed by atoms with Gasteiger partial charge in [-0.25, -0.2) is 0 Å². The lowest BCUT2D eigenvalue weighted by atomic mass is 10.2. The van der Waals surface area contributed by atoms with Crippen molar-refractivity contribution < 1.29 is 14.4 Å². The van der Waals surface area contributed by atoms with Crippen molar-refractivity contribution in [2.24, 2.45) is 0 Å². The number of benzene rings is 1. The van der Waals surface area contributed by atoms with Gasteiger partial charge >= 0.3 is 0 Å². The second-order valence-corrected chi connectivity index (χ2v) is 5.30. The molecule has 1 aliphatic heterocycles. The molecule has 1 N–H and O–H groups in total. The highest BCUT2D eigenvalue weighted by Crippen LogP contribution is 2.10. The van der Waals surface area contributed by atoms with Gasteiger partial charge in [0.05, 0.1) is 11.6 Å². The van der Waals surface area contributed by atoms with Crippen LogP contribution in [0.5, 0.6) is 0 Å². The fourth-order valence-corrected chi connectivity index (χ4v) is 2.35. The lowest BCUT2D eigenvalue weighted by molar-refractivity contribution is -0.140. The van der Waals surface area contributed by atoms with Gasteiger partial charge in [0, 0.05) is 38.8 Å². The zero-order valence-corrected chi connectivity index (χ0v) is 12.9. The number of nitrogens with one attached hydrogen (secondary N) is 1. The molecule has 1 saturated heterocycles. The molecule has 0 spiro atoms. The molecule has 0 radical (unpaired) electrons. The third kappa shape index (κ3) is 4.54. The molecule has 3 amide bonds. The summed E-state index contributed by atoms with van der Waals surface area (Å²) in [6, 6.07) is 8.42. The Bertz CT molecular complexity index is 640. The second-order valence-electron chi connectivity index (χ2n) is 5.30. The van der Waals surface area contributed by atoms with Crippen molar-refractivity contribution in [3.05, 3.63) is 29.8 Å². The molecule has 0 atom stereocenters. The van der Waals surface area contributed by atoms with Gasteiger partial charge in [-0.2, -0.15) is 5.26 Å². The van der Waals surface area contributed by atoms with Gasteiger partial charge in [0.15, 0.2) is 0 Å². The van der Waals surface area contributed by atoms with E-state index in [0.29, 0.717) is 37.4 Å². The van der Waals surface area contributed by atoms with E-state index in [1.807, 2.05) is 6.07 Å². The van der Waals surface area contributed by atoms with Crippen molar-refractivity contribution in [2.45, 2.75) is 13.3 Å². The highest BCUT2D eigenvalue weighted by atomic mass is 16.2. The number of rotatable bonds is 3. The van der Waals surface area contributed by atoms with Gasteiger partial charge in [-0.15, -0.1) is 0 Å². The Morgan fingerprint density at radius 2 is 1.65 bits per heavy atom. The van der Waals surface area contributed by atoms with Crippen molar-refractivity contribution in [1.82, 2.24) is 9.80 Å². The molecule has 2 rings (SSSR count). The summed E-state index contributed by atoms with van der Waals surface area (Å²) >= 11 is 0. The lowest BCUT2D eigenvalue weighted by Gasteiger charge is -2.34. The summed E-state index contributed by atoms with van der Waals surface area (Å²) in [5.74, 6) is -0.649. The van der Waals surface area contributed by atoms with E-state index < -0.39 is 5.91 Å². The molecule has 0 saturated carbocycles. The number of nitrogens with zero attached hydrogens (tertiary/aromatic N) is 3. The molecule has 1 aromatic rings. The van der Waals surface area contributed by atoms with Crippen LogP contribution in [-0.2, 0) is 14.4 Å². The molecule has 0 bridgehead atoms. The number of hydrogen-bond donors (Lipinski definition) is 1. The Hall–Kier alpha value is -2.88. The summed E-state index contributed by atoms with van der Waals surface area (Å²) in [5.41, 5.74) is 1.05. The Morgan fingerprint density at radius 1 is 1.09 bits per heavy atom. The van der Waals surface area contributed by atoms with E-state index in [-0.39, 0.29) is 18.2 Å². The number of carbonyl (C=O) groups is 3. The summed E-state index contributed by atoms with van der Waals surface area (Å²) in [7, 11) is 0. The van der Waals surface area contributed by atoms with Crippen LogP contribution in [0.15, 0.2) is 24.3 Å². The van der Waals surface area contributed by atoms with Crippen molar-refractivity contribution in [2.75, 3.05) is 31.5 Å². The number of amides is 3. The molecule has 1 aliphatic rings. The minimum absolute atomic E-state index is 0.00402. The Balaban J connectivity index is 1.82. The minimum Gasteiger partial charge on any atom is -0.339 e. The van der Waals surface area contributed by atoms with Gasteiger partial charge < -0.3 is 15.1 Å². The largest absolute Gasteiger partial charge is 0.339 e. The SMILES string of the molecule is CC(=O)N1CCN(C(=O)CC(=O)Nc2ccc(C#N)cc2)CC1. The maximum Gasteiger partial charge on any atom is 0.233 e. The van der Waals surface area contributed by atoms with Crippen molar-refractivity contribution in [3.8, 4) is 6.07 Å². The quantitative estimate of drug-likeness (QED) is 0.826. The second kappa shape index (κ2) is 7.40. The van der Waals surface area contributed by atoms with Crippen molar-refractivity contribution >= 4 is 23.4 Å². The summed E-state index contributed by atoms with van der Waals surface area (Å²) < 4.78 is 0. The number of anilines is 1. The zero-order chi connectivity index (χ0) is 16.8. The molecule has 1 fully saturated rings. The smallest absolute Gasteiger partial charge is 0.233 e. The van der Waals surface area contributed by atoms with E-state index in [9.17, 15) is 14.4 Å². The number of piperazine rings is 1. The highest BCUT2D eigenvalue weighted by Gasteiger charge is 2.23. The van der Waals surface area contributed by atoms with Gasteiger partial charge in [0.1, 0.15) is 6.42 Å². The van der Waals surface area contributed by atoms with Crippen LogP contribution in [0.4, 0.5) is 5.69 Å². The molecule has 23 heavy (non-hydrogen) atoms. The van der Waals surface area contributed by atoms with Crippen LogP contribution in [0.25, 0.3) is 0 Å². The highest BCUT2D eigenvalue weighted by molar-refractivity contribution is 6.03. The molecule has 0 aromatic heterocycles. The van der Waals surface area contributed by atoms with Crippen LogP contribution in [-0.4, -0.2) is 53.7 Å². The van der Waals surface area contributed by atoms with Gasteiger partial charge in [0.25, 0.3) is 0 Å². The third-order valence-corrected chi connectivity index (χ3v) is 3.69. The fraction of sp³-hybridized carbons (Fsp3) is 0.375. The van der Waals surface area contributed by atoms with Gasteiger partial charge in [-0.3, -0.25) is 14.4 Å². The predicted octanol–water partition coefficient (Wildman–Crippen LogP) is 0.578. The number of nitriles is 1. The zero-order valence-electron chi connectivity index (χ0n) is 12.9. The maximum atomic E-state index is 12.1. The normalized spacial score (nSPS) is 14.1. The molecule has 7 heteroatoms. The topological polar surface area (TPSA) is 93.5 Å². The summed E-state index contributed by atoms with van der Waals surface area (Å²) in [6.45, 7) is 3.39. The van der Waals surface area contributed by atoms with Crippen LogP contribution in [0.1, 0.15) is 18.9 Å². The molecular weight excluding hydrogens is 296 g/mol. The predicted molar refractivity (Wildman–Crippen MR) is 83.2 cm³/mol. The molecule has 1 aromatic carbocycles. The van der Waals surface area contributed by atoms with E-state index in [2.05, 4.69) is 5.32 Å². The van der Waals surface area contributed by atoms with Gasteiger partial charge in [-0.1, -0.05) is 0 Å². The average Bonchev–Trinajstić information content (AvgIpc) is 2.55. The van der Waals surface area contributed by atoms with Crippen LogP contribution in [0.3, 0.4) is 0 Å². The number of hydrogen-bond acceptors (Lipinski definition) is 4. The molecule has 0 unspecified atom stereocenters. The van der Waals surface area contributed by atoms with Crippen LogP contribution in [0, 0.1) is 11.3 Å². The van der Waals surface area contributed by atoms with E-state index in [0.717, 1.165) is 0 Å². The summed E-state index contributed by atoms with van der Waals surface area (Å²) in [6.07, 6.45) is -0.236. The van der Waals surface area contributed by atoms with E-state index in [4.69, 9.17) is 5.26 Å². The van der Waals surface area contributed by atoms with Crippen LogP contribution >= 0.6 is 0 Å². The number of carbonyl (C=O) groups excluding carboxylic acids is 3. The fourth-order valence-electron chi connectivity index (χ4n) is 2.35. The first-order chi connectivity index (χ1) is 11.0. The van der Waals surface area contributed by atoms with Crippen LogP contribution < -0.4 is 5.32 Å². The minimum atomic E-state index is -0.395. The van der Waals surface area contributed by atoms with Crippen LogP contribution in [0.2, 0.25) is 0 Å². The molecule has 7 nitrogen and oxygen atoms in total. The monoisotopic (exact) mass is 314 g/mol. The van der Waals surface area contributed by atoms with Crippen molar-refractivity contribution in [1.29, 1.82) is 5.26 Å². The summed E-state index contributed by atoms with van der Waals surface area (Å²) in [4.78, 5) is 38.5. The molecule has 1 heterocycles. The molecular formula is C16H18N4O3. The summed E-state index contributed by atoms with van der Waals surface area (Å²) in [5, 5.41) is 11.3. The standard InChI is InChI=1S/C16H18N4O3/c1-12(21)19-6-8-20(9-7-19)16(23)10-15(22)18-14-4-2-13(11-17)3-5-14/h2-5H,6-10H2,1H3,(H,18,22). The Morgan fingerprint density at radius 3 is 2.17 bits per heavy atom. The first-order valence-corrected chi connectivity index (χ1v) is 7.33. The Kier molecular flexibility index (Phi) is 5.31. The van der Waals surface area contributed by atoms with E-state index >= 15 is 0 Å². The third-order valence-electron chi connectivity index (χ3n) is 3.69.